The average Bonchev–Trinajstić information content (AvgIpc) is 2.83. The predicted molar refractivity (Wildman–Crippen MR) is 120 cm³/mol. The number of ether oxygens (including phenoxy) is 1. The van der Waals surface area contributed by atoms with Crippen LogP contribution in [0, 0.1) is 5.82 Å². The molecule has 1 aromatic carbocycles. The molecule has 0 saturated carbocycles. The minimum absolute atomic E-state index is 0.144. The summed E-state index contributed by atoms with van der Waals surface area (Å²) in [6.45, 7) is 5.22. The highest BCUT2D eigenvalue weighted by Gasteiger charge is 2.27. The monoisotopic (exact) mass is 478 g/mol. The van der Waals surface area contributed by atoms with E-state index in [4.69, 9.17) is 4.74 Å². The van der Waals surface area contributed by atoms with Gasteiger partial charge in [-0.25, -0.2) is 22.6 Å². The number of nitrogens with zero attached hydrogens (tertiary/aromatic N) is 4. The maximum atomic E-state index is 14.2. The number of hydrogen-bond donors (Lipinski definition) is 0. The Hall–Kier alpha value is -3.05. The fourth-order valence-electron chi connectivity index (χ4n) is 3.56. The first-order valence-electron chi connectivity index (χ1n) is 10.7. The fraction of sp³-hybridized carbons (Fsp3) is 0.409. The lowest BCUT2D eigenvalue weighted by atomic mass is 10.2. The molecule has 1 amide bonds. The minimum atomic E-state index is -4.10. The molecule has 11 heteroatoms. The third-order valence-electron chi connectivity index (χ3n) is 5.42. The molecule has 1 aromatic heterocycles. The molecule has 0 spiro atoms. The van der Waals surface area contributed by atoms with Crippen LogP contribution in [0.1, 0.15) is 24.2 Å². The van der Waals surface area contributed by atoms with E-state index in [1.54, 1.807) is 24.9 Å². The van der Waals surface area contributed by atoms with Gasteiger partial charge in [-0.15, -0.1) is 0 Å². The zero-order valence-corrected chi connectivity index (χ0v) is 19.4. The van der Waals surface area contributed by atoms with E-state index in [9.17, 15) is 22.4 Å². The van der Waals surface area contributed by atoms with E-state index in [-0.39, 0.29) is 24.6 Å². The second-order valence-electron chi connectivity index (χ2n) is 7.37. The molecule has 9 nitrogen and oxygen atoms in total. The molecule has 178 valence electrons. The number of carbonyl (C=O) groups excluding carboxylic acids is 2. The molecule has 1 fully saturated rings. The van der Waals surface area contributed by atoms with Gasteiger partial charge in [0.2, 0.25) is 10.0 Å². The molecule has 0 N–H and O–H groups in total. The van der Waals surface area contributed by atoms with Crippen molar-refractivity contribution in [3.05, 3.63) is 54.0 Å². The first-order chi connectivity index (χ1) is 15.8. The van der Waals surface area contributed by atoms with Crippen LogP contribution in [-0.2, 0) is 19.6 Å². The third-order valence-corrected chi connectivity index (χ3v) is 7.49. The van der Waals surface area contributed by atoms with Crippen molar-refractivity contribution in [3.63, 3.8) is 0 Å². The number of carbonyl (C=O) groups is 2. The van der Waals surface area contributed by atoms with Crippen molar-refractivity contribution in [2.75, 3.05) is 50.8 Å². The Bertz CT molecular complexity index is 1090. The molecule has 1 aliphatic rings. The van der Waals surface area contributed by atoms with Crippen LogP contribution in [0.15, 0.2) is 47.5 Å². The Labute approximate surface area is 192 Å². The Morgan fingerprint density at radius 1 is 1.09 bits per heavy atom. The molecule has 0 radical (unpaired) electrons. The van der Waals surface area contributed by atoms with Crippen molar-refractivity contribution >= 4 is 27.7 Å². The maximum absolute atomic E-state index is 14.2. The lowest BCUT2D eigenvalue weighted by molar-refractivity contribution is -0.134. The summed E-state index contributed by atoms with van der Waals surface area (Å²) >= 11 is 0. The van der Waals surface area contributed by atoms with E-state index >= 15 is 0 Å². The summed E-state index contributed by atoms with van der Waals surface area (Å²) in [7, 11) is -4.10. The summed E-state index contributed by atoms with van der Waals surface area (Å²) in [6.07, 6.45) is 1.71. The molecule has 3 rings (SSSR count). The van der Waals surface area contributed by atoms with Crippen LogP contribution in [-0.4, -0.2) is 80.4 Å². The van der Waals surface area contributed by atoms with E-state index < -0.39 is 33.3 Å². The summed E-state index contributed by atoms with van der Waals surface area (Å²) in [4.78, 5) is 32.3. The summed E-state index contributed by atoms with van der Waals surface area (Å²) in [5.41, 5.74) is -0.144. The number of halogens is 1. The van der Waals surface area contributed by atoms with Crippen molar-refractivity contribution in [2.24, 2.45) is 0 Å². The van der Waals surface area contributed by atoms with Crippen LogP contribution in [0.5, 0.6) is 0 Å². The van der Waals surface area contributed by atoms with Crippen molar-refractivity contribution in [1.29, 1.82) is 0 Å². The van der Waals surface area contributed by atoms with Crippen LogP contribution in [0.4, 0.5) is 10.2 Å². The van der Waals surface area contributed by atoms with Gasteiger partial charge < -0.3 is 14.5 Å². The number of sulfonamides is 1. The fourth-order valence-corrected chi connectivity index (χ4v) is 5.11. The maximum Gasteiger partial charge on any atom is 0.338 e. The zero-order valence-electron chi connectivity index (χ0n) is 18.6. The second-order valence-corrected chi connectivity index (χ2v) is 9.27. The number of rotatable bonds is 8. The quantitative estimate of drug-likeness (QED) is 0.533. The van der Waals surface area contributed by atoms with Gasteiger partial charge in [-0.1, -0.05) is 19.9 Å². The number of aromatic nitrogens is 1. The van der Waals surface area contributed by atoms with E-state index in [0.29, 0.717) is 26.2 Å². The normalized spacial score (nSPS) is 14.4. The summed E-state index contributed by atoms with van der Waals surface area (Å²) in [6, 6.07) is 8.62. The van der Waals surface area contributed by atoms with E-state index in [1.807, 2.05) is 18.2 Å². The van der Waals surface area contributed by atoms with Gasteiger partial charge in [0.15, 0.2) is 6.61 Å². The van der Waals surface area contributed by atoms with Crippen molar-refractivity contribution in [1.82, 2.24) is 14.2 Å². The Morgan fingerprint density at radius 3 is 2.39 bits per heavy atom. The van der Waals surface area contributed by atoms with Gasteiger partial charge in [-0.3, -0.25) is 4.79 Å². The topological polar surface area (TPSA) is 100 Å². The highest BCUT2D eigenvalue weighted by atomic mass is 32.2. The number of esters is 1. The van der Waals surface area contributed by atoms with Crippen LogP contribution in [0.25, 0.3) is 0 Å². The first kappa shape index (κ1) is 24.6. The Kier molecular flexibility index (Phi) is 7.98. The number of hydrogen-bond acceptors (Lipinski definition) is 7. The summed E-state index contributed by atoms with van der Waals surface area (Å²) in [5, 5.41) is 0. The smallest absolute Gasteiger partial charge is 0.338 e. The molecular formula is C22H27FN4O5S. The summed E-state index contributed by atoms with van der Waals surface area (Å²) in [5.74, 6) is -1.38. The minimum Gasteiger partial charge on any atom is -0.452 e. The number of pyridine rings is 1. The van der Waals surface area contributed by atoms with Gasteiger partial charge in [0.1, 0.15) is 16.5 Å². The van der Waals surface area contributed by atoms with E-state index in [2.05, 4.69) is 9.88 Å². The van der Waals surface area contributed by atoms with E-state index in [0.717, 1.165) is 28.3 Å². The van der Waals surface area contributed by atoms with Crippen molar-refractivity contribution < 1.29 is 27.1 Å². The van der Waals surface area contributed by atoms with Crippen molar-refractivity contribution in [3.8, 4) is 0 Å². The molecule has 0 aliphatic carbocycles. The molecule has 33 heavy (non-hydrogen) atoms. The largest absolute Gasteiger partial charge is 0.452 e. The Morgan fingerprint density at radius 2 is 1.79 bits per heavy atom. The molecule has 1 aliphatic heterocycles. The highest BCUT2D eigenvalue weighted by molar-refractivity contribution is 7.89. The van der Waals surface area contributed by atoms with Crippen LogP contribution < -0.4 is 4.90 Å². The van der Waals surface area contributed by atoms with E-state index in [1.165, 1.54) is 0 Å². The van der Waals surface area contributed by atoms with Gasteiger partial charge in [-0.05, 0) is 30.3 Å². The molecule has 1 saturated heterocycles. The number of benzene rings is 1. The molecular weight excluding hydrogens is 451 g/mol. The number of amides is 1. The number of piperazine rings is 1. The highest BCUT2D eigenvalue weighted by Crippen LogP contribution is 2.21. The van der Waals surface area contributed by atoms with Gasteiger partial charge in [0, 0.05) is 45.5 Å². The predicted octanol–water partition coefficient (Wildman–Crippen LogP) is 1.76. The first-order valence-corrected chi connectivity index (χ1v) is 12.1. The molecule has 0 atom stereocenters. The van der Waals surface area contributed by atoms with Crippen molar-refractivity contribution in [2.45, 2.75) is 18.7 Å². The van der Waals surface area contributed by atoms with Gasteiger partial charge in [0.05, 0.1) is 5.56 Å². The van der Waals surface area contributed by atoms with Gasteiger partial charge in [0.25, 0.3) is 5.91 Å². The molecule has 2 aromatic rings. The summed E-state index contributed by atoms with van der Waals surface area (Å²) < 4.78 is 45.7. The standard InChI is InChI=1S/C22H27FN4O5S/c1-3-27(4-2)33(30,31)19-15-17(8-9-18(19)23)22(29)32-16-21(28)26-13-11-25(12-14-26)20-7-5-6-10-24-20/h5-10,15H,3-4,11-14,16H2,1-2H3. The van der Waals surface area contributed by atoms with Crippen LogP contribution in [0.3, 0.4) is 0 Å². The molecule has 0 unspecified atom stereocenters. The SMILES string of the molecule is CCN(CC)S(=O)(=O)c1cc(C(=O)OCC(=O)N2CCN(c3ccccn3)CC2)ccc1F. The lowest BCUT2D eigenvalue weighted by Crippen LogP contribution is -2.50. The molecule has 2 heterocycles. The van der Waals surface area contributed by atoms with Crippen LogP contribution >= 0.6 is 0 Å². The van der Waals surface area contributed by atoms with Gasteiger partial charge >= 0.3 is 5.97 Å². The zero-order chi connectivity index (χ0) is 24.0. The average molecular weight is 479 g/mol. The molecule has 0 bridgehead atoms. The third kappa shape index (κ3) is 5.66. The Balaban J connectivity index is 1.59. The number of anilines is 1. The second kappa shape index (κ2) is 10.7. The lowest BCUT2D eigenvalue weighted by Gasteiger charge is -2.35. The van der Waals surface area contributed by atoms with Crippen LogP contribution in [0.2, 0.25) is 0 Å². The van der Waals surface area contributed by atoms with Gasteiger partial charge in [-0.2, -0.15) is 4.31 Å².